The number of nitrogens with zero attached hydrogens (tertiary/aromatic N) is 1. The number of amides is 3. The third kappa shape index (κ3) is 7.22. The summed E-state index contributed by atoms with van der Waals surface area (Å²) >= 11 is 1.41. The zero-order valence-electron chi connectivity index (χ0n) is 19.2. The lowest BCUT2D eigenvalue weighted by atomic mass is 9.90. The molecule has 3 rings (SSSR count). The maximum Gasteiger partial charge on any atom is 0.315 e. The van der Waals surface area contributed by atoms with Crippen LogP contribution in [0.5, 0.6) is 5.75 Å². The van der Waals surface area contributed by atoms with Gasteiger partial charge in [0, 0.05) is 18.0 Å². The number of rotatable bonds is 9. The van der Waals surface area contributed by atoms with Crippen LogP contribution in [0.25, 0.3) is 0 Å². The van der Waals surface area contributed by atoms with Crippen molar-refractivity contribution in [3.63, 3.8) is 0 Å². The molecule has 7 nitrogen and oxygen atoms in total. The molecular weight excluding hydrogens is 424 g/mol. The molecule has 8 heteroatoms. The fraction of sp³-hybridized carbons (Fsp3) is 0.542. The van der Waals surface area contributed by atoms with Crippen LogP contribution in [0.4, 0.5) is 4.79 Å². The minimum Gasteiger partial charge on any atom is -0.486 e. The highest BCUT2D eigenvalue weighted by molar-refractivity contribution is 7.09. The summed E-state index contributed by atoms with van der Waals surface area (Å²) in [6.07, 6.45) is 5.78. The summed E-state index contributed by atoms with van der Waals surface area (Å²) in [6, 6.07) is 5.75. The maximum atomic E-state index is 12.8. The van der Waals surface area contributed by atoms with Gasteiger partial charge in [0.1, 0.15) is 23.1 Å². The van der Waals surface area contributed by atoms with Crippen LogP contribution < -0.4 is 20.7 Å². The third-order valence-corrected chi connectivity index (χ3v) is 6.38. The quantitative estimate of drug-likeness (QED) is 0.483. The van der Waals surface area contributed by atoms with Crippen LogP contribution in [0.1, 0.15) is 72.1 Å². The van der Waals surface area contributed by atoms with Crippen molar-refractivity contribution in [1.82, 2.24) is 20.9 Å². The number of carbonyl (C=O) groups excluding carboxylic acids is 2. The average Bonchev–Trinajstić information content (AvgIpc) is 3.22. The number of hydrogen-bond acceptors (Lipinski definition) is 5. The second-order valence-electron chi connectivity index (χ2n) is 8.46. The van der Waals surface area contributed by atoms with Crippen molar-refractivity contribution in [2.75, 3.05) is 6.54 Å². The summed E-state index contributed by atoms with van der Waals surface area (Å²) in [7, 11) is 0. The Morgan fingerprint density at radius 2 is 1.78 bits per heavy atom. The van der Waals surface area contributed by atoms with E-state index in [1.807, 2.05) is 26.0 Å². The number of nitrogens with one attached hydrogen (secondary N) is 3. The van der Waals surface area contributed by atoms with Gasteiger partial charge in [-0.25, -0.2) is 9.78 Å². The Hall–Kier alpha value is -2.61. The summed E-state index contributed by atoms with van der Waals surface area (Å²) < 4.78 is 5.86. The molecule has 1 fully saturated rings. The molecule has 2 atom stereocenters. The van der Waals surface area contributed by atoms with Gasteiger partial charge in [-0.15, -0.1) is 11.3 Å². The van der Waals surface area contributed by atoms with E-state index in [2.05, 4.69) is 33.9 Å². The van der Waals surface area contributed by atoms with E-state index in [9.17, 15) is 9.59 Å². The van der Waals surface area contributed by atoms with Gasteiger partial charge in [-0.2, -0.15) is 0 Å². The predicted molar refractivity (Wildman–Crippen MR) is 127 cm³/mol. The van der Waals surface area contributed by atoms with Gasteiger partial charge in [0.15, 0.2) is 0 Å². The van der Waals surface area contributed by atoms with Crippen LogP contribution in [0.2, 0.25) is 0 Å². The van der Waals surface area contributed by atoms with Crippen LogP contribution in [0.15, 0.2) is 23.6 Å². The largest absolute Gasteiger partial charge is 0.486 e. The first-order valence-electron chi connectivity index (χ1n) is 11.5. The molecule has 1 aromatic heterocycles. The zero-order valence-corrected chi connectivity index (χ0v) is 20.0. The fourth-order valence-corrected chi connectivity index (χ4v) is 4.65. The summed E-state index contributed by atoms with van der Waals surface area (Å²) in [5.41, 5.74) is 2.69. The van der Waals surface area contributed by atoms with Crippen molar-refractivity contribution < 1.29 is 14.3 Å². The lowest BCUT2D eigenvalue weighted by Crippen LogP contribution is -2.55. The normalized spacial score (nSPS) is 18.1. The Balaban J connectivity index is 1.52. The number of unbranched alkanes of at least 4 members (excludes halogenated alkanes) is 1. The number of thiazole rings is 1. The molecule has 1 aliphatic rings. The fourth-order valence-electron chi connectivity index (χ4n) is 3.96. The van der Waals surface area contributed by atoms with Gasteiger partial charge in [0.05, 0.1) is 6.04 Å². The molecule has 2 aromatic rings. The number of benzene rings is 1. The van der Waals surface area contributed by atoms with Crippen molar-refractivity contribution in [3.05, 3.63) is 45.4 Å². The number of ether oxygens (including phenoxy) is 1. The van der Waals surface area contributed by atoms with Gasteiger partial charge < -0.3 is 20.7 Å². The molecule has 1 heterocycles. The Morgan fingerprint density at radius 3 is 2.47 bits per heavy atom. The summed E-state index contributed by atoms with van der Waals surface area (Å²) in [5, 5.41) is 11.5. The average molecular weight is 459 g/mol. The summed E-state index contributed by atoms with van der Waals surface area (Å²) in [6.45, 7) is 7.15. The van der Waals surface area contributed by atoms with E-state index < -0.39 is 0 Å². The molecular formula is C24H34N4O3S. The van der Waals surface area contributed by atoms with Crippen LogP contribution in [-0.4, -0.2) is 35.6 Å². The molecule has 1 aromatic carbocycles. The molecule has 174 valence electrons. The molecule has 0 unspecified atom stereocenters. The Kier molecular flexibility index (Phi) is 8.90. The van der Waals surface area contributed by atoms with Crippen molar-refractivity contribution in [3.8, 4) is 5.75 Å². The first-order chi connectivity index (χ1) is 15.4. The zero-order chi connectivity index (χ0) is 22.9. The van der Waals surface area contributed by atoms with Gasteiger partial charge >= 0.3 is 6.03 Å². The molecule has 0 aliphatic heterocycles. The van der Waals surface area contributed by atoms with Crippen LogP contribution in [-0.2, 0) is 6.61 Å². The second kappa shape index (κ2) is 11.9. The highest BCUT2D eigenvalue weighted by atomic mass is 32.1. The second-order valence-corrected chi connectivity index (χ2v) is 9.41. The molecule has 0 radical (unpaired) electrons. The smallest absolute Gasteiger partial charge is 0.315 e. The summed E-state index contributed by atoms with van der Waals surface area (Å²) in [5.74, 6) is 0.598. The number of aryl methyl sites for hydroxylation is 2. The Morgan fingerprint density at radius 1 is 1.09 bits per heavy atom. The van der Waals surface area contributed by atoms with Gasteiger partial charge in [-0.05, 0) is 56.4 Å². The van der Waals surface area contributed by atoms with Crippen LogP contribution in [0, 0.1) is 13.8 Å². The number of aromatic nitrogens is 1. The van der Waals surface area contributed by atoms with Crippen molar-refractivity contribution in [2.45, 2.75) is 78.0 Å². The van der Waals surface area contributed by atoms with E-state index in [0.29, 0.717) is 18.8 Å². The van der Waals surface area contributed by atoms with E-state index in [1.54, 1.807) is 5.38 Å². The lowest BCUT2D eigenvalue weighted by Gasteiger charge is -2.32. The van der Waals surface area contributed by atoms with Crippen molar-refractivity contribution >= 4 is 23.3 Å². The van der Waals surface area contributed by atoms with Gasteiger partial charge in [-0.3, -0.25) is 4.79 Å². The van der Waals surface area contributed by atoms with Crippen LogP contribution >= 0.6 is 11.3 Å². The molecule has 0 spiro atoms. The molecule has 1 saturated carbocycles. The first kappa shape index (κ1) is 24.0. The van der Waals surface area contributed by atoms with Crippen molar-refractivity contribution in [2.24, 2.45) is 0 Å². The van der Waals surface area contributed by atoms with Gasteiger partial charge in [0.2, 0.25) is 0 Å². The minimum atomic E-state index is -0.205. The van der Waals surface area contributed by atoms with Crippen molar-refractivity contribution in [1.29, 1.82) is 0 Å². The van der Waals surface area contributed by atoms with Crippen LogP contribution in [0.3, 0.4) is 0 Å². The molecule has 0 saturated heterocycles. The highest BCUT2D eigenvalue weighted by Gasteiger charge is 2.28. The monoisotopic (exact) mass is 458 g/mol. The molecule has 3 amide bonds. The Labute approximate surface area is 194 Å². The number of hydrogen-bond donors (Lipinski definition) is 3. The predicted octanol–water partition coefficient (Wildman–Crippen LogP) is 4.48. The highest BCUT2D eigenvalue weighted by Crippen LogP contribution is 2.21. The maximum absolute atomic E-state index is 12.8. The summed E-state index contributed by atoms with van der Waals surface area (Å²) in [4.78, 5) is 29.4. The molecule has 1 aliphatic carbocycles. The Bertz CT molecular complexity index is 894. The SMILES string of the molecule is CCCCNC(=O)N[C@@H]1CCCC[C@H]1NC(=O)c1csc(COc2cc(C)cc(C)c2)n1. The number of urea groups is 1. The molecule has 32 heavy (non-hydrogen) atoms. The number of carbonyl (C=O) groups is 2. The minimum absolute atomic E-state index is 0.0691. The van der Waals surface area contributed by atoms with E-state index >= 15 is 0 Å². The standard InChI is InChI=1S/C24H34N4O3S/c1-4-5-10-25-24(30)28-20-9-7-6-8-19(20)27-23(29)21-15-32-22(26-21)14-31-18-12-16(2)11-17(3)13-18/h11-13,15,19-20H,4-10,14H2,1-3H3,(H,27,29)(H2,25,28,30)/t19-,20-/m1/s1. The van der Waals surface area contributed by atoms with E-state index in [4.69, 9.17) is 4.74 Å². The topological polar surface area (TPSA) is 92.4 Å². The van der Waals surface area contributed by atoms with E-state index in [-0.39, 0.29) is 24.0 Å². The van der Waals surface area contributed by atoms with E-state index in [1.165, 1.54) is 11.3 Å². The molecule has 0 bridgehead atoms. The molecule has 3 N–H and O–H groups in total. The van der Waals surface area contributed by atoms with Gasteiger partial charge in [0.25, 0.3) is 5.91 Å². The third-order valence-electron chi connectivity index (χ3n) is 5.56. The van der Waals surface area contributed by atoms with Gasteiger partial charge in [-0.1, -0.05) is 32.3 Å². The van der Waals surface area contributed by atoms with E-state index in [0.717, 1.165) is 60.4 Å². The lowest BCUT2D eigenvalue weighted by molar-refractivity contribution is 0.0911. The first-order valence-corrected chi connectivity index (χ1v) is 12.3.